The predicted octanol–water partition coefficient (Wildman–Crippen LogP) is 3.27. The second-order valence-corrected chi connectivity index (χ2v) is 6.59. The zero-order valence-corrected chi connectivity index (χ0v) is 13.3. The average molecular weight is 341 g/mol. The zero-order chi connectivity index (χ0) is 17.5. The van der Waals surface area contributed by atoms with E-state index >= 15 is 0 Å². The standard InChI is InChI=1S/C16H18F3N3O2/c1-15(2)8-10(5-6-24-15)20-13(23)9-3-4-11-12(7-9)22-14(21-11)16(17,18)19/h3-4,7,10H,5-6,8H2,1-2H3,(H,20,23)(H,21,22)/t10-/m0/s1. The van der Waals surface area contributed by atoms with Crippen molar-refractivity contribution in [3.8, 4) is 0 Å². The molecule has 1 saturated heterocycles. The molecule has 0 aliphatic carbocycles. The quantitative estimate of drug-likeness (QED) is 0.881. The molecule has 2 aromatic rings. The molecule has 2 heterocycles. The van der Waals surface area contributed by atoms with Crippen LogP contribution in [0.2, 0.25) is 0 Å². The largest absolute Gasteiger partial charge is 0.449 e. The van der Waals surface area contributed by atoms with Crippen LogP contribution in [-0.4, -0.2) is 34.1 Å². The summed E-state index contributed by atoms with van der Waals surface area (Å²) in [7, 11) is 0. The monoisotopic (exact) mass is 341 g/mol. The smallest absolute Gasteiger partial charge is 0.375 e. The van der Waals surface area contributed by atoms with Crippen molar-refractivity contribution in [2.45, 2.75) is 44.5 Å². The highest BCUT2D eigenvalue weighted by molar-refractivity contribution is 5.97. The molecule has 0 unspecified atom stereocenters. The number of ether oxygens (including phenoxy) is 1. The Bertz CT molecular complexity index is 768. The minimum Gasteiger partial charge on any atom is -0.375 e. The fraction of sp³-hybridized carbons (Fsp3) is 0.500. The number of halogens is 3. The highest BCUT2D eigenvalue weighted by Crippen LogP contribution is 2.29. The maximum Gasteiger partial charge on any atom is 0.449 e. The van der Waals surface area contributed by atoms with Crippen LogP contribution < -0.4 is 5.32 Å². The van der Waals surface area contributed by atoms with Gasteiger partial charge < -0.3 is 15.0 Å². The van der Waals surface area contributed by atoms with Crippen molar-refractivity contribution < 1.29 is 22.7 Å². The number of rotatable bonds is 2. The molecule has 3 rings (SSSR count). The lowest BCUT2D eigenvalue weighted by Gasteiger charge is -2.35. The number of nitrogens with zero attached hydrogens (tertiary/aromatic N) is 1. The van der Waals surface area contributed by atoms with Gasteiger partial charge in [0, 0.05) is 18.2 Å². The van der Waals surface area contributed by atoms with E-state index in [0.29, 0.717) is 25.0 Å². The summed E-state index contributed by atoms with van der Waals surface area (Å²) in [6, 6.07) is 4.24. The molecule has 24 heavy (non-hydrogen) atoms. The topological polar surface area (TPSA) is 67.0 Å². The van der Waals surface area contributed by atoms with Crippen LogP contribution in [0, 0.1) is 0 Å². The Morgan fingerprint density at radius 1 is 1.42 bits per heavy atom. The van der Waals surface area contributed by atoms with Gasteiger partial charge in [0.1, 0.15) is 0 Å². The molecule has 1 aromatic carbocycles. The summed E-state index contributed by atoms with van der Waals surface area (Å²) in [5.41, 5.74) is 0.350. The van der Waals surface area contributed by atoms with E-state index in [1.807, 2.05) is 13.8 Å². The van der Waals surface area contributed by atoms with Crippen LogP contribution in [0.4, 0.5) is 13.2 Å². The first kappa shape index (κ1) is 16.8. The van der Waals surface area contributed by atoms with Gasteiger partial charge in [0.2, 0.25) is 5.82 Å². The molecule has 1 aliphatic rings. The summed E-state index contributed by atoms with van der Waals surface area (Å²) < 4.78 is 43.7. The Hall–Kier alpha value is -2.09. The molecule has 1 amide bonds. The molecule has 0 radical (unpaired) electrons. The van der Waals surface area contributed by atoms with Crippen molar-refractivity contribution in [3.63, 3.8) is 0 Å². The van der Waals surface area contributed by atoms with Gasteiger partial charge >= 0.3 is 6.18 Å². The number of fused-ring (bicyclic) bond motifs is 1. The summed E-state index contributed by atoms with van der Waals surface area (Å²) in [6.45, 7) is 4.48. The number of hydrogen-bond donors (Lipinski definition) is 2. The van der Waals surface area contributed by atoms with Crippen molar-refractivity contribution in [3.05, 3.63) is 29.6 Å². The maximum atomic E-state index is 12.7. The molecule has 5 nitrogen and oxygen atoms in total. The van der Waals surface area contributed by atoms with Crippen molar-refractivity contribution in [2.24, 2.45) is 0 Å². The molecule has 130 valence electrons. The Morgan fingerprint density at radius 2 is 2.17 bits per heavy atom. The van der Waals surface area contributed by atoms with Gasteiger partial charge in [-0.3, -0.25) is 4.79 Å². The molecule has 0 saturated carbocycles. The van der Waals surface area contributed by atoms with Crippen LogP contribution in [0.3, 0.4) is 0 Å². The van der Waals surface area contributed by atoms with Crippen LogP contribution in [0.1, 0.15) is 42.9 Å². The van der Waals surface area contributed by atoms with Crippen LogP contribution in [0.25, 0.3) is 11.0 Å². The molecule has 1 fully saturated rings. The molecule has 1 aliphatic heterocycles. The first-order valence-corrected chi connectivity index (χ1v) is 7.66. The van der Waals surface area contributed by atoms with Crippen molar-refractivity contribution in [2.75, 3.05) is 6.61 Å². The number of alkyl halides is 3. The zero-order valence-electron chi connectivity index (χ0n) is 13.3. The Balaban J connectivity index is 1.77. The number of amides is 1. The molecule has 0 bridgehead atoms. The third kappa shape index (κ3) is 3.53. The molecule has 1 atom stereocenters. The molecular weight excluding hydrogens is 323 g/mol. The summed E-state index contributed by atoms with van der Waals surface area (Å²) in [4.78, 5) is 18.1. The number of hydrogen-bond acceptors (Lipinski definition) is 3. The molecule has 2 N–H and O–H groups in total. The fourth-order valence-corrected chi connectivity index (χ4v) is 2.91. The number of nitrogens with one attached hydrogen (secondary N) is 2. The van der Waals surface area contributed by atoms with E-state index in [1.165, 1.54) is 18.2 Å². The molecule has 1 aromatic heterocycles. The van der Waals surface area contributed by atoms with Gasteiger partial charge in [-0.2, -0.15) is 13.2 Å². The number of carbonyl (C=O) groups is 1. The number of H-pyrrole nitrogens is 1. The number of aromatic nitrogens is 2. The Kier molecular flexibility index (Phi) is 4.03. The third-order valence-corrected chi connectivity index (χ3v) is 4.04. The van der Waals surface area contributed by atoms with Crippen molar-refractivity contribution in [1.29, 1.82) is 0 Å². The van der Waals surface area contributed by atoms with Gasteiger partial charge in [-0.25, -0.2) is 4.98 Å². The second kappa shape index (κ2) is 5.77. The summed E-state index contributed by atoms with van der Waals surface area (Å²) in [5.74, 6) is -1.39. The summed E-state index contributed by atoms with van der Waals surface area (Å²) in [6.07, 6.45) is -3.15. The first-order chi connectivity index (χ1) is 11.1. The maximum absolute atomic E-state index is 12.7. The van der Waals surface area contributed by atoms with E-state index < -0.39 is 12.0 Å². The van der Waals surface area contributed by atoms with Gasteiger partial charge in [0.05, 0.1) is 16.6 Å². The van der Waals surface area contributed by atoms with Gasteiger partial charge in [-0.1, -0.05) is 0 Å². The molecule has 8 heteroatoms. The van der Waals surface area contributed by atoms with Gasteiger partial charge in [0.25, 0.3) is 5.91 Å². The number of benzene rings is 1. The fourth-order valence-electron chi connectivity index (χ4n) is 2.91. The minimum absolute atomic E-state index is 0.0237. The van der Waals surface area contributed by atoms with E-state index in [1.54, 1.807) is 0 Å². The van der Waals surface area contributed by atoms with Gasteiger partial charge in [-0.15, -0.1) is 0 Å². The minimum atomic E-state index is -4.55. The van der Waals surface area contributed by atoms with Crippen molar-refractivity contribution >= 4 is 16.9 Å². The SMILES string of the molecule is CC1(C)C[C@@H](NC(=O)c2ccc3nc(C(F)(F)F)[nH]c3c2)CCO1. The van der Waals surface area contributed by atoms with E-state index in [0.717, 1.165) is 0 Å². The van der Waals surface area contributed by atoms with Crippen LogP contribution >= 0.6 is 0 Å². The summed E-state index contributed by atoms with van der Waals surface area (Å²) in [5, 5.41) is 2.92. The van der Waals surface area contributed by atoms with E-state index in [-0.39, 0.29) is 28.6 Å². The van der Waals surface area contributed by atoms with Gasteiger partial charge in [0.15, 0.2) is 0 Å². The van der Waals surface area contributed by atoms with Crippen LogP contribution in [0.15, 0.2) is 18.2 Å². The Morgan fingerprint density at radius 3 is 2.83 bits per heavy atom. The number of carbonyl (C=O) groups excluding carboxylic acids is 1. The lowest BCUT2D eigenvalue weighted by Crippen LogP contribution is -2.45. The number of aromatic amines is 1. The normalized spacial score (nSPS) is 21.0. The second-order valence-electron chi connectivity index (χ2n) is 6.59. The lowest BCUT2D eigenvalue weighted by molar-refractivity contribution is -0.144. The van der Waals surface area contributed by atoms with Crippen LogP contribution in [0.5, 0.6) is 0 Å². The lowest BCUT2D eigenvalue weighted by atomic mass is 9.94. The third-order valence-electron chi connectivity index (χ3n) is 4.04. The Labute approximate surface area is 136 Å². The van der Waals surface area contributed by atoms with E-state index in [9.17, 15) is 18.0 Å². The molecule has 0 spiro atoms. The number of imidazole rings is 1. The average Bonchev–Trinajstić information content (AvgIpc) is 2.89. The highest BCUT2D eigenvalue weighted by atomic mass is 19.4. The van der Waals surface area contributed by atoms with Gasteiger partial charge in [-0.05, 0) is 44.9 Å². The first-order valence-electron chi connectivity index (χ1n) is 7.66. The van der Waals surface area contributed by atoms with E-state index in [2.05, 4.69) is 15.3 Å². The van der Waals surface area contributed by atoms with E-state index in [4.69, 9.17) is 4.74 Å². The summed E-state index contributed by atoms with van der Waals surface area (Å²) >= 11 is 0. The van der Waals surface area contributed by atoms with Crippen molar-refractivity contribution in [1.82, 2.24) is 15.3 Å². The molecular formula is C16H18F3N3O2. The predicted molar refractivity (Wildman–Crippen MR) is 81.6 cm³/mol. The van der Waals surface area contributed by atoms with Crippen LogP contribution in [-0.2, 0) is 10.9 Å². The highest BCUT2D eigenvalue weighted by Gasteiger charge is 2.35.